The Morgan fingerprint density at radius 3 is 2.74 bits per heavy atom. The molecule has 0 radical (unpaired) electrons. The summed E-state index contributed by atoms with van der Waals surface area (Å²) in [4.78, 5) is 12.3. The third-order valence-corrected chi connectivity index (χ3v) is 4.61. The lowest BCUT2D eigenvalue weighted by atomic mass is 9.87. The van der Waals surface area contributed by atoms with Crippen LogP contribution in [0.3, 0.4) is 0 Å². The second-order valence-electron chi connectivity index (χ2n) is 6.45. The number of ether oxygens (including phenoxy) is 1. The van der Waals surface area contributed by atoms with Crippen molar-refractivity contribution in [3.8, 4) is 18.1 Å². The summed E-state index contributed by atoms with van der Waals surface area (Å²) in [5, 5.41) is 7.46. The van der Waals surface area contributed by atoms with Gasteiger partial charge in [0.15, 0.2) is 5.82 Å². The molecule has 4 rings (SSSR count). The number of para-hydroxylation sites is 1. The van der Waals surface area contributed by atoms with E-state index < -0.39 is 0 Å². The molecule has 1 amide bonds. The lowest BCUT2D eigenvalue weighted by Gasteiger charge is -2.23. The molecule has 5 nitrogen and oxygen atoms in total. The van der Waals surface area contributed by atoms with E-state index in [1.54, 1.807) is 0 Å². The molecule has 3 aromatic rings. The molecule has 1 atom stereocenters. The number of anilines is 1. The lowest BCUT2D eigenvalue weighted by Crippen LogP contribution is -2.23. The van der Waals surface area contributed by atoms with Crippen molar-refractivity contribution >= 4 is 11.7 Å². The number of terminal acetylenes is 1. The topological polar surface area (TPSA) is 56.1 Å². The van der Waals surface area contributed by atoms with Crippen LogP contribution >= 0.6 is 0 Å². The molecular formula is C22H19N3O2. The van der Waals surface area contributed by atoms with Gasteiger partial charge in [0, 0.05) is 29.7 Å². The first kappa shape index (κ1) is 16.9. The minimum absolute atomic E-state index is 0.0517. The Kier molecular flexibility index (Phi) is 4.63. The summed E-state index contributed by atoms with van der Waals surface area (Å²) in [7, 11) is 0. The van der Waals surface area contributed by atoms with Crippen LogP contribution in [0.2, 0.25) is 0 Å². The van der Waals surface area contributed by atoms with Gasteiger partial charge in [-0.3, -0.25) is 9.48 Å². The molecule has 0 spiro atoms. The van der Waals surface area contributed by atoms with Crippen LogP contribution in [-0.4, -0.2) is 22.3 Å². The highest BCUT2D eigenvalue weighted by Gasteiger charge is 2.31. The number of benzene rings is 2. The monoisotopic (exact) mass is 357 g/mol. The Labute approximate surface area is 158 Å². The van der Waals surface area contributed by atoms with E-state index in [9.17, 15) is 4.79 Å². The van der Waals surface area contributed by atoms with Crippen molar-refractivity contribution in [1.29, 1.82) is 0 Å². The number of amides is 1. The third-order valence-electron chi connectivity index (χ3n) is 4.61. The molecule has 0 aliphatic carbocycles. The smallest absolute Gasteiger partial charge is 0.226 e. The Morgan fingerprint density at radius 2 is 1.93 bits per heavy atom. The van der Waals surface area contributed by atoms with Gasteiger partial charge in [-0.2, -0.15) is 5.10 Å². The maximum absolute atomic E-state index is 12.3. The summed E-state index contributed by atoms with van der Waals surface area (Å²) < 4.78 is 7.56. The maximum atomic E-state index is 12.3. The fourth-order valence-corrected chi connectivity index (χ4v) is 3.42. The normalized spacial score (nSPS) is 15.5. The van der Waals surface area contributed by atoms with Crippen LogP contribution in [0.4, 0.5) is 5.82 Å². The summed E-state index contributed by atoms with van der Waals surface area (Å²) in [6, 6.07) is 17.8. The van der Waals surface area contributed by atoms with E-state index in [2.05, 4.69) is 28.5 Å². The first-order valence-corrected chi connectivity index (χ1v) is 8.81. The van der Waals surface area contributed by atoms with Gasteiger partial charge in [-0.05, 0) is 11.6 Å². The van der Waals surface area contributed by atoms with Gasteiger partial charge in [0.1, 0.15) is 12.4 Å². The zero-order chi connectivity index (χ0) is 18.6. The van der Waals surface area contributed by atoms with Crippen LogP contribution in [0.25, 0.3) is 0 Å². The second kappa shape index (κ2) is 7.38. The predicted molar refractivity (Wildman–Crippen MR) is 104 cm³/mol. The van der Waals surface area contributed by atoms with Crippen LogP contribution in [0.15, 0.2) is 60.8 Å². The summed E-state index contributed by atoms with van der Waals surface area (Å²) in [6.07, 6.45) is 7.68. The van der Waals surface area contributed by atoms with E-state index in [1.165, 1.54) is 0 Å². The van der Waals surface area contributed by atoms with Gasteiger partial charge >= 0.3 is 0 Å². The van der Waals surface area contributed by atoms with Crippen molar-refractivity contribution in [2.75, 3.05) is 11.9 Å². The molecule has 0 saturated carbocycles. The number of aromatic nitrogens is 2. The fraction of sp³-hybridized carbons (Fsp3) is 0.182. The Hall–Kier alpha value is -3.52. The SMILES string of the molecule is C#CCOc1ccccc1C1CC(=O)Nc2nn(Cc3ccccc3)cc21. The molecule has 5 heteroatoms. The van der Waals surface area contributed by atoms with Crippen molar-refractivity contribution in [1.82, 2.24) is 9.78 Å². The number of rotatable bonds is 5. The van der Waals surface area contributed by atoms with E-state index in [4.69, 9.17) is 11.2 Å². The van der Waals surface area contributed by atoms with Gasteiger partial charge in [0.2, 0.25) is 5.91 Å². The van der Waals surface area contributed by atoms with Crippen molar-refractivity contribution < 1.29 is 9.53 Å². The minimum atomic E-state index is -0.118. The Morgan fingerprint density at radius 1 is 1.15 bits per heavy atom. The summed E-state index contributed by atoms with van der Waals surface area (Å²) in [5.41, 5.74) is 3.09. The van der Waals surface area contributed by atoms with E-state index >= 15 is 0 Å². The number of carbonyl (C=O) groups excluding carboxylic acids is 1. The fourth-order valence-electron chi connectivity index (χ4n) is 3.42. The number of fused-ring (bicyclic) bond motifs is 1. The molecule has 0 bridgehead atoms. The number of nitrogens with zero attached hydrogens (tertiary/aromatic N) is 2. The highest BCUT2D eigenvalue weighted by atomic mass is 16.5. The van der Waals surface area contributed by atoms with E-state index in [-0.39, 0.29) is 18.4 Å². The molecule has 1 unspecified atom stereocenters. The lowest BCUT2D eigenvalue weighted by molar-refractivity contribution is -0.116. The molecule has 1 N–H and O–H groups in total. The molecule has 0 saturated heterocycles. The van der Waals surface area contributed by atoms with E-state index in [0.29, 0.717) is 24.5 Å². The third kappa shape index (κ3) is 3.56. The quantitative estimate of drug-likeness (QED) is 0.712. The van der Waals surface area contributed by atoms with Gasteiger partial charge in [-0.25, -0.2) is 0 Å². The molecule has 1 aliphatic heterocycles. The van der Waals surface area contributed by atoms with Crippen LogP contribution in [0.1, 0.15) is 29.0 Å². The van der Waals surface area contributed by atoms with Gasteiger partial charge in [-0.15, -0.1) is 6.42 Å². The average molecular weight is 357 g/mol. The van der Waals surface area contributed by atoms with Crippen LogP contribution in [0, 0.1) is 12.3 Å². The van der Waals surface area contributed by atoms with E-state index in [0.717, 1.165) is 16.7 Å². The Balaban J connectivity index is 1.69. The molecule has 1 aromatic heterocycles. The molecular weight excluding hydrogens is 338 g/mol. The van der Waals surface area contributed by atoms with Crippen LogP contribution < -0.4 is 10.1 Å². The minimum Gasteiger partial charge on any atom is -0.481 e. The van der Waals surface area contributed by atoms with E-state index in [1.807, 2.05) is 53.3 Å². The largest absolute Gasteiger partial charge is 0.481 e. The summed E-state index contributed by atoms with van der Waals surface area (Å²) >= 11 is 0. The molecule has 2 heterocycles. The number of hydrogen-bond donors (Lipinski definition) is 1. The van der Waals surface area contributed by atoms with Crippen LogP contribution in [-0.2, 0) is 11.3 Å². The standard InChI is InChI=1S/C22H19N3O2/c1-2-12-27-20-11-7-6-10-17(20)18-13-21(26)23-22-19(18)15-25(24-22)14-16-8-4-3-5-9-16/h1,3-11,15,18H,12-14H2,(H,23,24,26). The van der Waals surface area contributed by atoms with Gasteiger partial charge < -0.3 is 10.1 Å². The van der Waals surface area contributed by atoms with Crippen molar-refractivity contribution in [3.63, 3.8) is 0 Å². The molecule has 0 fully saturated rings. The maximum Gasteiger partial charge on any atom is 0.226 e. The molecule has 134 valence electrons. The zero-order valence-electron chi connectivity index (χ0n) is 14.8. The number of carbonyl (C=O) groups is 1. The van der Waals surface area contributed by atoms with Crippen molar-refractivity contribution in [2.45, 2.75) is 18.9 Å². The Bertz CT molecular complexity index is 1000. The predicted octanol–water partition coefficient (Wildman–Crippen LogP) is 3.42. The molecule has 27 heavy (non-hydrogen) atoms. The molecule has 1 aliphatic rings. The summed E-state index contributed by atoms with van der Waals surface area (Å²) in [6.45, 7) is 0.835. The first-order valence-electron chi connectivity index (χ1n) is 8.81. The number of nitrogens with one attached hydrogen (secondary N) is 1. The highest BCUT2D eigenvalue weighted by molar-refractivity contribution is 5.94. The van der Waals surface area contributed by atoms with Gasteiger partial charge in [0.25, 0.3) is 0 Å². The zero-order valence-corrected chi connectivity index (χ0v) is 14.8. The molecule has 2 aromatic carbocycles. The number of hydrogen-bond acceptors (Lipinski definition) is 3. The summed E-state index contributed by atoms with van der Waals surface area (Å²) in [5.74, 6) is 3.63. The first-order chi connectivity index (χ1) is 13.2. The second-order valence-corrected chi connectivity index (χ2v) is 6.45. The average Bonchev–Trinajstić information content (AvgIpc) is 3.08. The highest BCUT2D eigenvalue weighted by Crippen LogP contribution is 2.40. The van der Waals surface area contributed by atoms with Crippen molar-refractivity contribution in [2.24, 2.45) is 0 Å². The van der Waals surface area contributed by atoms with Crippen LogP contribution in [0.5, 0.6) is 5.75 Å². The van der Waals surface area contributed by atoms with Gasteiger partial charge in [0.05, 0.1) is 6.54 Å². The van der Waals surface area contributed by atoms with Crippen molar-refractivity contribution in [3.05, 3.63) is 77.5 Å². The van der Waals surface area contributed by atoms with Gasteiger partial charge in [-0.1, -0.05) is 54.5 Å².